The van der Waals surface area contributed by atoms with Crippen molar-refractivity contribution in [1.82, 2.24) is 9.80 Å². The average Bonchev–Trinajstić information content (AvgIpc) is 2.59. The number of hydrogen-bond donors (Lipinski definition) is 1. The van der Waals surface area contributed by atoms with Gasteiger partial charge in [0.25, 0.3) is 0 Å². The Balaban J connectivity index is 1.66. The molecule has 0 aliphatic carbocycles. The fraction of sp³-hybridized carbons (Fsp3) is 1.00. The average molecular weight is 260 g/mol. The minimum atomic E-state index is -0.212. The maximum Gasteiger partial charge on any atom is 0.0793 e. The van der Waals surface area contributed by atoms with E-state index in [1.165, 1.54) is 17.9 Å². The third-order valence-electron chi connectivity index (χ3n) is 3.36. The van der Waals surface area contributed by atoms with E-state index < -0.39 is 0 Å². The molecule has 0 aromatic heterocycles. The number of morpholine rings is 1. The van der Waals surface area contributed by atoms with E-state index in [-0.39, 0.29) is 6.10 Å². The van der Waals surface area contributed by atoms with E-state index in [0.29, 0.717) is 0 Å². The van der Waals surface area contributed by atoms with Crippen molar-refractivity contribution < 1.29 is 9.84 Å². The van der Waals surface area contributed by atoms with Gasteiger partial charge in [0, 0.05) is 38.5 Å². The Labute approximate surface area is 108 Å². The second-order valence-corrected chi connectivity index (χ2v) is 6.06. The van der Waals surface area contributed by atoms with Crippen molar-refractivity contribution in [2.45, 2.75) is 12.5 Å². The Morgan fingerprint density at radius 3 is 2.47 bits per heavy atom. The van der Waals surface area contributed by atoms with E-state index in [1.807, 2.05) is 11.8 Å². The van der Waals surface area contributed by atoms with E-state index in [9.17, 15) is 5.11 Å². The van der Waals surface area contributed by atoms with Gasteiger partial charge in [-0.2, -0.15) is 11.8 Å². The Morgan fingerprint density at radius 2 is 1.71 bits per heavy atom. The standard InChI is InChI=1S/C12H24N2O2S/c15-12(11-14-3-6-16-7-4-14)10-13-2-1-8-17-9-5-13/h12,15H,1-11H2. The molecule has 0 radical (unpaired) electrons. The third kappa shape index (κ3) is 5.14. The number of aliphatic hydroxyl groups excluding tert-OH is 1. The number of thioether (sulfide) groups is 1. The summed E-state index contributed by atoms with van der Waals surface area (Å²) in [5.41, 5.74) is 0. The zero-order valence-electron chi connectivity index (χ0n) is 10.5. The molecule has 5 heteroatoms. The molecule has 0 aromatic carbocycles. The molecule has 0 amide bonds. The molecule has 2 aliphatic heterocycles. The first-order valence-corrected chi connectivity index (χ1v) is 7.78. The number of nitrogens with zero attached hydrogens (tertiary/aromatic N) is 2. The van der Waals surface area contributed by atoms with Crippen LogP contribution in [0.15, 0.2) is 0 Å². The highest BCUT2D eigenvalue weighted by atomic mass is 32.2. The van der Waals surface area contributed by atoms with Gasteiger partial charge in [-0.3, -0.25) is 9.80 Å². The summed E-state index contributed by atoms with van der Waals surface area (Å²) >= 11 is 2.03. The summed E-state index contributed by atoms with van der Waals surface area (Å²) in [5, 5.41) is 10.1. The molecule has 2 aliphatic rings. The van der Waals surface area contributed by atoms with Gasteiger partial charge in [0.1, 0.15) is 0 Å². The van der Waals surface area contributed by atoms with Gasteiger partial charge in [0.2, 0.25) is 0 Å². The Bertz CT molecular complexity index is 205. The lowest BCUT2D eigenvalue weighted by Gasteiger charge is -2.30. The number of rotatable bonds is 4. The van der Waals surface area contributed by atoms with Gasteiger partial charge in [-0.25, -0.2) is 0 Å². The molecule has 17 heavy (non-hydrogen) atoms. The van der Waals surface area contributed by atoms with Crippen LogP contribution in [0.2, 0.25) is 0 Å². The van der Waals surface area contributed by atoms with Crippen LogP contribution in [0.25, 0.3) is 0 Å². The highest BCUT2D eigenvalue weighted by Crippen LogP contribution is 2.10. The van der Waals surface area contributed by atoms with Crippen LogP contribution in [0.3, 0.4) is 0 Å². The molecule has 2 fully saturated rings. The van der Waals surface area contributed by atoms with Crippen LogP contribution >= 0.6 is 11.8 Å². The summed E-state index contributed by atoms with van der Waals surface area (Å²) < 4.78 is 5.31. The monoisotopic (exact) mass is 260 g/mol. The summed E-state index contributed by atoms with van der Waals surface area (Å²) in [5.74, 6) is 2.49. The van der Waals surface area contributed by atoms with Crippen LogP contribution in [-0.4, -0.2) is 85.0 Å². The fourth-order valence-electron chi connectivity index (χ4n) is 2.42. The van der Waals surface area contributed by atoms with Gasteiger partial charge >= 0.3 is 0 Å². The first kappa shape index (κ1) is 13.6. The minimum absolute atomic E-state index is 0.212. The minimum Gasteiger partial charge on any atom is -0.390 e. The van der Waals surface area contributed by atoms with Gasteiger partial charge < -0.3 is 9.84 Å². The SMILES string of the molecule is OC(CN1CCOCC1)CN1CCCSCC1. The van der Waals surface area contributed by atoms with Crippen molar-refractivity contribution in [2.24, 2.45) is 0 Å². The number of β-amino-alcohol motifs (C(OH)–C–C–N with tert-alkyl or cyclic N) is 1. The quantitative estimate of drug-likeness (QED) is 0.777. The summed E-state index contributed by atoms with van der Waals surface area (Å²) in [6.07, 6.45) is 1.05. The fourth-order valence-corrected chi connectivity index (χ4v) is 3.34. The van der Waals surface area contributed by atoms with E-state index in [1.54, 1.807) is 0 Å². The van der Waals surface area contributed by atoms with Gasteiger partial charge in [-0.15, -0.1) is 0 Å². The summed E-state index contributed by atoms with van der Waals surface area (Å²) in [6.45, 7) is 7.46. The maximum absolute atomic E-state index is 10.1. The molecule has 100 valence electrons. The zero-order chi connectivity index (χ0) is 11.9. The van der Waals surface area contributed by atoms with E-state index in [2.05, 4.69) is 9.80 Å². The van der Waals surface area contributed by atoms with Crippen molar-refractivity contribution >= 4 is 11.8 Å². The van der Waals surface area contributed by atoms with Gasteiger partial charge in [0.15, 0.2) is 0 Å². The normalized spacial score (nSPS) is 26.6. The number of aliphatic hydroxyl groups is 1. The lowest BCUT2D eigenvalue weighted by molar-refractivity contribution is 0.00748. The largest absolute Gasteiger partial charge is 0.390 e. The van der Waals surface area contributed by atoms with Crippen molar-refractivity contribution in [3.05, 3.63) is 0 Å². The molecule has 1 unspecified atom stereocenters. The molecular formula is C12H24N2O2S. The molecule has 1 N–H and O–H groups in total. The van der Waals surface area contributed by atoms with Crippen LogP contribution in [0.1, 0.15) is 6.42 Å². The zero-order valence-corrected chi connectivity index (χ0v) is 11.3. The summed E-state index contributed by atoms with van der Waals surface area (Å²) in [6, 6.07) is 0. The van der Waals surface area contributed by atoms with Crippen molar-refractivity contribution in [3.63, 3.8) is 0 Å². The summed E-state index contributed by atoms with van der Waals surface area (Å²) in [4.78, 5) is 4.71. The van der Waals surface area contributed by atoms with Gasteiger partial charge in [-0.05, 0) is 18.7 Å². The Hall–Kier alpha value is 0.190. The van der Waals surface area contributed by atoms with Crippen molar-refractivity contribution in [1.29, 1.82) is 0 Å². The van der Waals surface area contributed by atoms with Crippen LogP contribution in [-0.2, 0) is 4.74 Å². The van der Waals surface area contributed by atoms with Crippen LogP contribution in [0.5, 0.6) is 0 Å². The predicted molar refractivity (Wildman–Crippen MR) is 71.6 cm³/mol. The van der Waals surface area contributed by atoms with E-state index >= 15 is 0 Å². The Kier molecular flexibility index (Phi) is 6.08. The highest BCUT2D eigenvalue weighted by molar-refractivity contribution is 7.99. The predicted octanol–water partition coefficient (Wildman–Crippen LogP) is 0.118. The van der Waals surface area contributed by atoms with Crippen molar-refractivity contribution in [2.75, 3.05) is 64.0 Å². The molecule has 0 saturated carbocycles. The second-order valence-electron chi connectivity index (χ2n) is 4.83. The second kappa shape index (κ2) is 7.59. The lowest BCUT2D eigenvalue weighted by atomic mass is 10.2. The smallest absolute Gasteiger partial charge is 0.0793 e. The molecule has 0 spiro atoms. The Morgan fingerprint density at radius 1 is 1.00 bits per heavy atom. The van der Waals surface area contributed by atoms with Gasteiger partial charge in [0.05, 0.1) is 19.3 Å². The van der Waals surface area contributed by atoms with E-state index in [4.69, 9.17) is 4.74 Å². The van der Waals surface area contributed by atoms with Gasteiger partial charge in [-0.1, -0.05) is 0 Å². The number of hydrogen-bond acceptors (Lipinski definition) is 5. The lowest BCUT2D eigenvalue weighted by Crippen LogP contribution is -2.45. The first-order valence-electron chi connectivity index (χ1n) is 6.63. The molecule has 4 nitrogen and oxygen atoms in total. The molecule has 1 atom stereocenters. The highest BCUT2D eigenvalue weighted by Gasteiger charge is 2.18. The van der Waals surface area contributed by atoms with Crippen molar-refractivity contribution in [3.8, 4) is 0 Å². The third-order valence-corrected chi connectivity index (χ3v) is 4.41. The molecule has 0 aromatic rings. The molecule has 2 heterocycles. The molecule has 2 rings (SSSR count). The van der Waals surface area contributed by atoms with Crippen LogP contribution < -0.4 is 0 Å². The molecular weight excluding hydrogens is 236 g/mol. The topological polar surface area (TPSA) is 35.9 Å². The molecule has 2 saturated heterocycles. The van der Waals surface area contributed by atoms with Crippen LogP contribution in [0.4, 0.5) is 0 Å². The van der Waals surface area contributed by atoms with Crippen LogP contribution in [0, 0.1) is 0 Å². The first-order chi connectivity index (χ1) is 8.34. The van der Waals surface area contributed by atoms with E-state index in [0.717, 1.165) is 52.5 Å². The maximum atomic E-state index is 10.1. The molecule has 0 bridgehead atoms. The summed E-state index contributed by atoms with van der Waals surface area (Å²) in [7, 11) is 0. The number of ether oxygens (including phenoxy) is 1.